The third-order valence-electron chi connectivity index (χ3n) is 2.67. The normalized spacial score (nSPS) is 17.1. The van der Waals surface area contributed by atoms with Crippen LogP contribution in [0.2, 0.25) is 0 Å². The summed E-state index contributed by atoms with van der Waals surface area (Å²) in [5.41, 5.74) is 5.38. The van der Waals surface area contributed by atoms with Crippen molar-refractivity contribution in [2.45, 2.75) is 43.6 Å². The molecule has 20 heavy (non-hydrogen) atoms. The van der Waals surface area contributed by atoms with Gasteiger partial charge in [0.1, 0.15) is 18.3 Å². The predicted molar refractivity (Wildman–Crippen MR) is 64.6 cm³/mol. The number of aliphatic hydroxyl groups is 4. The fraction of sp³-hybridized carbons (Fsp3) is 0.727. The Bertz CT molecular complexity index is 358. The summed E-state index contributed by atoms with van der Waals surface area (Å²) in [6.45, 7) is -0.864. The number of carboxylic acids is 1. The van der Waals surface area contributed by atoms with Gasteiger partial charge in [0.15, 0.2) is 11.6 Å². The number of carbonyl (C=O) groups excluding carboxylic acids is 2. The maximum atomic E-state index is 11.5. The van der Waals surface area contributed by atoms with Crippen LogP contribution >= 0.6 is 0 Å². The molecule has 0 fully saturated rings. The van der Waals surface area contributed by atoms with E-state index in [1.165, 1.54) is 0 Å². The number of carboxylic acid groups (broad SMARTS) is 1. The van der Waals surface area contributed by atoms with Crippen LogP contribution in [0.15, 0.2) is 0 Å². The minimum absolute atomic E-state index is 0.153. The van der Waals surface area contributed by atoms with E-state index in [-0.39, 0.29) is 12.8 Å². The van der Waals surface area contributed by atoms with Gasteiger partial charge in [-0.25, -0.2) is 0 Å². The smallest absolute Gasteiger partial charge is 0.303 e. The van der Waals surface area contributed by atoms with Crippen molar-refractivity contribution in [2.24, 2.45) is 5.73 Å². The van der Waals surface area contributed by atoms with Crippen LogP contribution in [0.5, 0.6) is 0 Å². The van der Waals surface area contributed by atoms with Crippen molar-refractivity contribution in [2.75, 3.05) is 6.61 Å². The first-order valence-electron chi connectivity index (χ1n) is 5.88. The molecule has 0 aromatic carbocycles. The average molecular weight is 293 g/mol. The Kier molecular flexibility index (Phi) is 8.11. The number of hydrogen-bond donors (Lipinski definition) is 6. The molecule has 0 aromatic heterocycles. The summed E-state index contributed by atoms with van der Waals surface area (Å²) < 4.78 is 0. The second kappa shape index (κ2) is 8.72. The molecular formula is C11H19NO8. The molecule has 4 unspecified atom stereocenters. The first-order valence-corrected chi connectivity index (χ1v) is 5.88. The fourth-order valence-electron chi connectivity index (χ4n) is 1.36. The van der Waals surface area contributed by atoms with E-state index in [1.54, 1.807) is 0 Å². The van der Waals surface area contributed by atoms with Crippen molar-refractivity contribution in [1.82, 2.24) is 0 Å². The van der Waals surface area contributed by atoms with Crippen LogP contribution in [0.3, 0.4) is 0 Å². The molecule has 0 heterocycles. The topological polar surface area (TPSA) is 178 Å². The van der Waals surface area contributed by atoms with Gasteiger partial charge < -0.3 is 31.3 Å². The van der Waals surface area contributed by atoms with Gasteiger partial charge in [-0.1, -0.05) is 0 Å². The highest BCUT2D eigenvalue weighted by molar-refractivity contribution is 6.03. The van der Waals surface area contributed by atoms with Gasteiger partial charge in [0, 0.05) is 6.42 Å². The molecule has 0 amide bonds. The molecule has 4 atom stereocenters. The van der Waals surface area contributed by atoms with Crippen molar-refractivity contribution >= 4 is 17.5 Å². The van der Waals surface area contributed by atoms with Crippen molar-refractivity contribution in [3.63, 3.8) is 0 Å². The zero-order valence-corrected chi connectivity index (χ0v) is 10.7. The molecule has 9 heteroatoms. The van der Waals surface area contributed by atoms with E-state index in [1.807, 2.05) is 0 Å². The Morgan fingerprint density at radius 2 is 1.60 bits per heavy atom. The van der Waals surface area contributed by atoms with Crippen LogP contribution in [0.25, 0.3) is 0 Å². The molecule has 0 aliphatic rings. The van der Waals surface area contributed by atoms with E-state index >= 15 is 0 Å². The fourth-order valence-corrected chi connectivity index (χ4v) is 1.36. The van der Waals surface area contributed by atoms with Crippen molar-refractivity contribution in [1.29, 1.82) is 0 Å². The monoisotopic (exact) mass is 293 g/mol. The highest BCUT2D eigenvalue weighted by Gasteiger charge is 2.31. The predicted octanol–water partition coefficient (Wildman–Crippen LogP) is -3.22. The summed E-state index contributed by atoms with van der Waals surface area (Å²) >= 11 is 0. The van der Waals surface area contributed by atoms with Crippen molar-refractivity contribution < 1.29 is 39.9 Å². The number of Topliss-reactive ketones (excluding diaryl/α,β-unsaturated/α-hetero) is 2. The molecular weight excluding hydrogens is 274 g/mol. The molecule has 116 valence electrons. The third kappa shape index (κ3) is 6.17. The third-order valence-corrected chi connectivity index (χ3v) is 2.67. The first-order chi connectivity index (χ1) is 9.20. The maximum absolute atomic E-state index is 11.5. The quantitative estimate of drug-likeness (QED) is 0.226. The van der Waals surface area contributed by atoms with Crippen molar-refractivity contribution in [3.8, 4) is 0 Å². The zero-order chi connectivity index (χ0) is 15.9. The molecule has 7 N–H and O–H groups in total. The molecule has 0 aromatic rings. The first kappa shape index (κ1) is 18.6. The van der Waals surface area contributed by atoms with Crippen LogP contribution in [-0.4, -0.2) is 74.0 Å². The Morgan fingerprint density at radius 1 is 1.05 bits per heavy atom. The van der Waals surface area contributed by atoms with Crippen LogP contribution in [0.4, 0.5) is 0 Å². The van der Waals surface area contributed by atoms with E-state index in [4.69, 9.17) is 21.1 Å². The van der Waals surface area contributed by atoms with Gasteiger partial charge in [-0.15, -0.1) is 0 Å². The van der Waals surface area contributed by atoms with Gasteiger partial charge in [-0.3, -0.25) is 14.4 Å². The Labute approximate surface area is 114 Å². The standard InChI is InChI=1S/C11H19NO8/c12-5(1-2-9(17)18)6(14)3-7(15)10(19)11(20)8(16)4-13/h5,8,10-11,13,16,19-20H,1-4,12H2,(H,17,18). The number of nitrogens with two attached hydrogens (primary N) is 1. The minimum atomic E-state index is -2.03. The lowest BCUT2D eigenvalue weighted by Gasteiger charge is -2.20. The Morgan fingerprint density at radius 3 is 2.05 bits per heavy atom. The maximum Gasteiger partial charge on any atom is 0.303 e. The van der Waals surface area contributed by atoms with E-state index < -0.39 is 54.9 Å². The molecule has 0 radical (unpaired) electrons. The van der Waals surface area contributed by atoms with Gasteiger partial charge >= 0.3 is 5.97 Å². The molecule has 0 spiro atoms. The van der Waals surface area contributed by atoms with Gasteiger partial charge in [0.25, 0.3) is 0 Å². The van der Waals surface area contributed by atoms with Crippen LogP contribution in [0, 0.1) is 0 Å². The average Bonchev–Trinajstić information content (AvgIpc) is 2.41. The molecule has 0 rings (SSSR count). The summed E-state index contributed by atoms with van der Waals surface area (Å²) in [6.07, 6.45) is -6.96. The molecule has 0 saturated heterocycles. The second-order valence-electron chi connectivity index (χ2n) is 4.33. The van der Waals surface area contributed by atoms with Crippen molar-refractivity contribution in [3.05, 3.63) is 0 Å². The summed E-state index contributed by atoms with van der Waals surface area (Å²) in [5, 5.41) is 44.7. The highest BCUT2D eigenvalue weighted by atomic mass is 16.4. The highest BCUT2D eigenvalue weighted by Crippen LogP contribution is 2.06. The van der Waals surface area contributed by atoms with Crippen LogP contribution in [-0.2, 0) is 14.4 Å². The molecule has 9 nitrogen and oxygen atoms in total. The molecule has 0 aliphatic heterocycles. The number of carbonyl (C=O) groups is 3. The lowest BCUT2D eigenvalue weighted by molar-refractivity contribution is -0.142. The van der Waals surface area contributed by atoms with Gasteiger partial charge in [0.2, 0.25) is 0 Å². The second-order valence-corrected chi connectivity index (χ2v) is 4.33. The number of aliphatic hydroxyl groups excluding tert-OH is 4. The Balaban J connectivity index is 4.37. The van der Waals surface area contributed by atoms with Gasteiger partial charge in [-0.2, -0.15) is 0 Å². The number of rotatable bonds is 10. The van der Waals surface area contributed by atoms with E-state index in [9.17, 15) is 24.6 Å². The summed E-state index contributed by atoms with van der Waals surface area (Å²) in [5.74, 6) is -2.98. The number of hydrogen-bond acceptors (Lipinski definition) is 8. The number of ketones is 2. The zero-order valence-electron chi connectivity index (χ0n) is 10.7. The summed E-state index contributed by atoms with van der Waals surface area (Å²) in [7, 11) is 0. The lowest BCUT2D eigenvalue weighted by Crippen LogP contribution is -2.45. The Hall–Kier alpha value is -1.39. The van der Waals surface area contributed by atoms with Gasteiger partial charge in [-0.05, 0) is 6.42 Å². The molecule has 0 bridgehead atoms. The minimum Gasteiger partial charge on any atom is -0.481 e. The van der Waals surface area contributed by atoms with E-state index in [0.717, 1.165) is 0 Å². The lowest BCUT2D eigenvalue weighted by atomic mass is 9.97. The summed E-state index contributed by atoms with van der Waals surface area (Å²) in [6, 6.07) is -1.16. The summed E-state index contributed by atoms with van der Waals surface area (Å²) in [4.78, 5) is 33.2. The van der Waals surface area contributed by atoms with E-state index in [0.29, 0.717) is 0 Å². The largest absolute Gasteiger partial charge is 0.481 e. The van der Waals surface area contributed by atoms with Crippen LogP contribution in [0.1, 0.15) is 19.3 Å². The van der Waals surface area contributed by atoms with Gasteiger partial charge in [0.05, 0.1) is 19.1 Å². The van der Waals surface area contributed by atoms with E-state index in [2.05, 4.69) is 0 Å². The van der Waals surface area contributed by atoms with Crippen LogP contribution < -0.4 is 5.73 Å². The number of aliphatic carboxylic acids is 1. The SMILES string of the molecule is NC(CCC(=O)O)C(=O)CC(=O)C(O)C(O)C(O)CO. The molecule has 0 aliphatic carbocycles. The molecule has 0 saturated carbocycles.